The molecule has 5 atom stereocenters. The molecular weight excluding hydrogens is 444 g/mol. The van der Waals surface area contributed by atoms with Crippen LogP contribution < -0.4 is 10.2 Å². The zero-order valence-electron chi connectivity index (χ0n) is 16.5. The number of aliphatic carboxylic acids is 1. The first-order valence-corrected chi connectivity index (χ1v) is 9.49. The van der Waals surface area contributed by atoms with Crippen molar-refractivity contribution in [3.8, 4) is 34.3 Å². The lowest BCUT2D eigenvalue weighted by atomic mass is 9.99. The van der Waals surface area contributed by atoms with Crippen LogP contribution in [-0.4, -0.2) is 72.4 Å². The number of phenols is 3. The van der Waals surface area contributed by atoms with E-state index in [1.165, 1.54) is 12.1 Å². The van der Waals surface area contributed by atoms with E-state index >= 15 is 0 Å². The molecule has 33 heavy (non-hydrogen) atoms. The van der Waals surface area contributed by atoms with Gasteiger partial charge in [-0.25, -0.2) is 4.79 Å². The topological polar surface area (TPSA) is 207 Å². The molecule has 0 radical (unpaired) electrons. The van der Waals surface area contributed by atoms with E-state index in [9.17, 15) is 40.2 Å². The van der Waals surface area contributed by atoms with Gasteiger partial charge in [0.15, 0.2) is 23.0 Å². The van der Waals surface area contributed by atoms with E-state index in [1.54, 1.807) is 0 Å². The normalized spacial score (nSPS) is 25.1. The summed E-state index contributed by atoms with van der Waals surface area (Å²) >= 11 is 0. The highest BCUT2D eigenvalue weighted by atomic mass is 16.7. The number of benzene rings is 2. The first-order valence-electron chi connectivity index (χ1n) is 9.49. The lowest BCUT2D eigenvalue weighted by molar-refractivity contribution is -0.271. The molecule has 0 bridgehead atoms. The molecule has 7 N–H and O–H groups in total. The Hall–Kier alpha value is -3.84. The van der Waals surface area contributed by atoms with Crippen molar-refractivity contribution in [2.24, 2.45) is 0 Å². The number of carboxylic acid groups (broad SMARTS) is 1. The number of fused-ring (bicyclic) bond motifs is 1. The molecule has 1 aliphatic heterocycles. The van der Waals surface area contributed by atoms with Crippen LogP contribution in [0.5, 0.6) is 23.0 Å². The third-order valence-electron chi connectivity index (χ3n) is 5.10. The van der Waals surface area contributed by atoms with Gasteiger partial charge in [-0.05, 0) is 18.2 Å². The van der Waals surface area contributed by atoms with E-state index in [0.29, 0.717) is 0 Å². The summed E-state index contributed by atoms with van der Waals surface area (Å²) in [7, 11) is 0. The van der Waals surface area contributed by atoms with Crippen LogP contribution in [0.2, 0.25) is 0 Å². The first-order chi connectivity index (χ1) is 15.6. The molecule has 0 spiro atoms. The van der Waals surface area contributed by atoms with Gasteiger partial charge in [0.25, 0.3) is 0 Å². The minimum absolute atomic E-state index is 0.0358. The van der Waals surface area contributed by atoms with Crippen LogP contribution in [0.1, 0.15) is 0 Å². The van der Waals surface area contributed by atoms with Gasteiger partial charge in [-0.1, -0.05) is 0 Å². The molecule has 2 heterocycles. The van der Waals surface area contributed by atoms with Crippen LogP contribution in [0.15, 0.2) is 45.6 Å². The summed E-state index contributed by atoms with van der Waals surface area (Å²) in [4.78, 5) is 23.7. The first kappa shape index (κ1) is 22.4. The van der Waals surface area contributed by atoms with Crippen molar-refractivity contribution in [3.63, 3.8) is 0 Å². The molecule has 1 aromatic heterocycles. The van der Waals surface area contributed by atoms with Gasteiger partial charge in [0.05, 0.1) is 0 Å². The number of aromatic hydroxyl groups is 3. The largest absolute Gasteiger partial charge is 0.508 e. The van der Waals surface area contributed by atoms with Gasteiger partial charge < -0.3 is 49.6 Å². The predicted molar refractivity (Wildman–Crippen MR) is 108 cm³/mol. The van der Waals surface area contributed by atoms with E-state index < -0.39 is 53.6 Å². The molecular formula is C21H18O12. The van der Waals surface area contributed by atoms with Gasteiger partial charge in [-0.3, -0.25) is 4.79 Å². The minimum atomic E-state index is -1.92. The second-order valence-corrected chi connectivity index (χ2v) is 7.35. The fraction of sp³-hybridized carbons (Fsp3) is 0.238. The van der Waals surface area contributed by atoms with Crippen molar-refractivity contribution >= 4 is 16.9 Å². The molecule has 174 valence electrons. The monoisotopic (exact) mass is 462 g/mol. The van der Waals surface area contributed by atoms with Crippen molar-refractivity contribution in [1.82, 2.24) is 0 Å². The number of aliphatic hydroxyl groups excluding tert-OH is 3. The smallest absolute Gasteiger partial charge is 0.335 e. The highest BCUT2D eigenvalue weighted by Gasteiger charge is 2.48. The van der Waals surface area contributed by atoms with E-state index in [0.717, 1.165) is 24.3 Å². The molecule has 12 nitrogen and oxygen atoms in total. The Balaban J connectivity index is 1.70. The Morgan fingerprint density at radius 3 is 2.33 bits per heavy atom. The van der Waals surface area contributed by atoms with Gasteiger partial charge in [-0.15, -0.1) is 0 Å². The van der Waals surface area contributed by atoms with Crippen molar-refractivity contribution in [1.29, 1.82) is 0 Å². The molecule has 1 aliphatic rings. The van der Waals surface area contributed by atoms with Gasteiger partial charge in [0, 0.05) is 23.8 Å². The number of hydrogen-bond acceptors (Lipinski definition) is 11. The molecule has 12 heteroatoms. The van der Waals surface area contributed by atoms with Crippen LogP contribution in [0.3, 0.4) is 0 Å². The van der Waals surface area contributed by atoms with E-state index in [-0.39, 0.29) is 33.8 Å². The zero-order valence-corrected chi connectivity index (χ0v) is 16.5. The third kappa shape index (κ3) is 4.03. The fourth-order valence-electron chi connectivity index (χ4n) is 3.43. The number of phenolic OH excluding ortho intramolecular Hbond substituents is 3. The number of rotatable bonds is 4. The Morgan fingerprint density at radius 1 is 0.909 bits per heavy atom. The molecule has 4 rings (SSSR count). The average Bonchev–Trinajstić information content (AvgIpc) is 2.74. The lowest BCUT2D eigenvalue weighted by Crippen LogP contribution is -2.61. The quantitative estimate of drug-likeness (QED) is 0.270. The van der Waals surface area contributed by atoms with Gasteiger partial charge in [0.1, 0.15) is 46.5 Å². The second-order valence-electron chi connectivity index (χ2n) is 7.35. The number of ether oxygens (including phenoxy) is 2. The summed E-state index contributed by atoms with van der Waals surface area (Å²) in [5.41, 5.74) is -0.546. The zero-order chi connectivity index (χ0) is 24.0. The third-order valence-corrected chi connectivity index (χ3v) is 5.10. The van der Waals surface area contributed by atoms with Gasteiger partial charge in [0.2, 0.25) is 6.29 Å². The maximum atomic E-state index is 12.4. The number of carbonyl (C=O) groups is 1. The van der Waals surface area contributed by atoms with Crippen LogP contribution in [0.4, 0.5) is 0 Å². The van der Waals surface area contributed by atoms with E-state index in [4.69, 9.17) is 19.0 Å². The lowest BCUT2D eigenvalue weighted by Gasteiger charge is -2.38. The maximum absolute atomic E-state index is 12.4. The number of hydrogen-bond donors (Lipinski definition) is 7. The molecule has 0 aliphatic carbocycles. The molecule has 1 saturated heterocycles. The average molecular weight is 462 g/mol. The van der Waals surface area contributed by atoms with E-state index in [1.807, 2.05) is 0 Å². The summed E-state index contributed by atoms with van der Waals surface area (Å²) in [6, 6.07) is 6.86. The Labute approximate surface area is 183 Å². The standard InChI is InChI=1S/C21H18O12/c22-8-4-10(24)15-11(25)6-12(31-14(15)5-8)7-1-2-9(23)13(3-7)32-21-18(28)16(26)17(27)19(33-21)20(29)30/h1-6,16-19,21-24,26-28H,(H,29,30)/t16-,17-,18+,19-,21?/m1/s1. The summed E-state index contributed by atoms with van der Waals surface area (Å²) in [6.07, 6.45) is -9.37. The number of carboxylic acids is 1. The summed E-state index contributed by atoms with van der Waals surface area (Å²) in [5.74, 6) is -3.24. The summed E-state index contributed by atoms with van der Waals surface area (Å²) in [5, 5.41) is 68.5. The second kappa shape index (κ2) is 8.26. The molecule has 3 aromatic rings. The van der Waals surface area contributed by atoms with Crippen LogP contribution in [0, 0.1) is 0 Å². The highest BCUT2D eigenvalue weighted by Crippen LogP contribution is 2.36. The summed E-state index contributed by atoms with van der Waals surface area (Å²) < 4.78 is 16.0. The Morgan fingerprint density at radius 2 is 1.64 bits per heavy atom. The molecule has 2 aromatic carbocycles. The molecule has 1 unspecified atom stereocenters. The Bertz CT molecular complexity index is 1280. The van der Waals surface area contributed by atoms with Crippen LogP contribution in [0.25, 0.3) is 22.3 Å². The molecule has 0 amide bonds. The van der Waals surface area contributed by atoms with Gasteiger partial charge >= 0.3 is 5.97 Å². The minimum Gasteiger partial charge on any atom is -0.508 e. The van der Waals surface area contributed by atoms with Crippen molar-refractivity contribution in [3.05, 3.63) is 46.6 Å². The van der Waals surface area contributed by atoms with Crippen molar-refractivity contribution < 1.29 is 54.4 Å². The SMILES string of the molecule is O=C(O)[C@@H]1OC(Oc2cc(-c3cc(=O)c4c(O)cc(O)cc4o3)ccc2O)[C@@H](O)[C@H](O)[C@H]1O. The van der Waals surface area contributed by atoms with Crippen molar-refractivity contribution in [2.75, 3.05) is 0 Å². The van der Waals surface area contributed by atoms with Crippen molar-refractivity contribution in [2.45, 2.75) is 30.7 Å². The molecule has 0 saturated carbocycles. The van der Waals surface area contributed by atoms with Gasteiger partial charge in [-0.2, -0.15) is 0 Å². The van der Waals surface area contributed by atoms with Crippen LogP contribution in [-0.2, 0) is 9.53 Å². The predicted octanol–water partition coefficient (Wildman–Crippen LogP) is -0.152. The Kier molecular flexibility index (Phi) is 5.59. The maximum Gasteiger partial charge on any atom is 0.335 e. The molecule has 1 fully saturated rings. The fourth-order valence-corrected chi connectivity index (χ4v) is 3.43. The summed E-state index contributed by atoms with van der Waals surface area (Å²) in [6.45, 7) is 0. The van der Waals surface area contributed by atoms with E-state index in [2.05, 4.69) is 0 Å². The number of aliphatic hydroxyl groups is 3. The highest BCUT2D eigenvalue weighted by molar-refractivity contribution is 5.86. The van der Waals surface area contributed by atoms with Crippen LogP contribution >= 0.6 is 0 Å².